The van der Waals surface area contributed by atoms with Crippen molar-refractivity contribution in [2.24, 2.45) is 0 Å². The van der Waals surface area contributed by atoms with Crippen LogP contribution in [0.1, 0.15) is 63.2 Å². The molecule has 1 amide bonds. The summed E-state index contributed by atoms with van der Waals surface area (Å²) in [4.78, 5) is 17.3. The number of nitrogens with zero attached hydrogens (tertiary/aromatic N) is 5. The number of carbonyl (C=O) groups is 1. The van der Waals surface area contributed by atoms with Crippen LogP contribution in [-0.4, -0.2) is 30.3 Å². The number of benzene rings is 1. The molecular weight excluding hydrogens is 445 g/mol. The summed E-state index contributed by atoms with van der Waals surface area (Å²) >= 11 is 0. The van der Waals surface area contributed by atoms with Gasteiger partial charge in [-0.1, -0.05) is 29.8 Å². The predicted octanol–water partition coefficient (Wildman–Crippen LogP) is 5.05. The molecule has 3 heterocycles. The predicted molar refractivity (Wildman–Crippen MR) is 120 cm³/mol. The monoisotopic (exact) mass is 468 g/mol. The van der Waals surface area contributed by atoms with E-state index in [0.717, 1.165) is 35.7 Å². The second kappa shape index (κ2) is 7.96. The number of halogens is 3. The lowest BCUT2D eigenvalue weighted by atomic mass is 10.1. The van der Waals surface area contributed by atoms with Crippen LogP contribution in [0, 0.1) is 20.8 Å². The van der Waals surface area contributed by atoms with E-state index in [1.165, 1.54) is 6.07 Å². The van der Waals surface area contributed by atoms with E-state index >= 15 is 0 Å². The molecule has 5 rings (SSSR count). The van der Waals surface area contributed by atoms with Gasteiger partial charge in [-0.15, -0.1) is 0 Å². The van der Waals surface area contributed by atoms with Crippen LogP contribution in [0.2, 0.25) is 0 Å². The van der Waals surface area contributed by atoms with E-state index in [0.29, 0.717) is 28.1 Å². The van der Waals surface area contributed by atoms with Gasteiger partial charge in [0.2, 0.25) is 0 Å². The summed E-state index contributed by atoms with van der Waals surface area (Å²) in [6, 6.07) is 10.4. The van der Waals surface area contributed by atoms with Crippen molar-refractivity contribution in [3.05, 3.63) is 76.0 Å². The van der Waals surface area contributed by atoms with Crippen LogP contribution >= 0.6 is 0 Å². The van der Waals surface area contributed by atoms with Crippen molar-refractivity contribution in [1.29, 1.82) is 0 Å². The summed E-state index contributed by atoms with van der Waals surface area (Å²) < 4.78 is 43.4. The minimum Gasteiger partial charge on any atom is -0.317 e. The molecule has 0 atom stereocenters. The first-order chi connectivity index (χ1) is 16.1. The van der Waals surface area contributed by atoms with Crippen LogP contribution in [0.15, 0.2) is 36.4 Å². The molecule has 0 saturated heterocycles. The summed E-state index contributed by atoms with van der Waals surface area (Å²) in [7, 11) is 0. The first-order valence-corrected chi connectivity index (χ1v) is 11.0. The molecule has 34 heavy (non-hydrogen) atoms. The Labute approximate surface area is 193 Å². The molecule has 0 aliphatic heterocycles. The Morgan fingerprint density at radius 3 is 2.56 bits per heavy atom. The Morgan fingerprint density at radius 1 is 1.12 bits per heavy atom. The molecule has 3 aromatic heterocycles. The molecule has 1 aromatic carbocycles. The van der Waals surface area contributed by atoms with E-state index in [9.17, 15) is 18.0 Å². The zero-order chi connectivity index (χ0) is 24.2. The van der Waals surface area contributed by atoms with Crippen molar-refractivity contribution in [3.8, 4) is 0 Å². The van der Waals surface area contributed by atoms with E-state index in [2.05, 4.69) is 26.6 Å². The maximum atomic E-state index is 13.7. The van der Waals surface area contributed by atoms with E-state index < -0.39 is 17.8 Å². The number of nitrogens with one attached hydrogen (secondary N) is 1. The van der Waals surface area contributed by atoms with Gasteiger partial charge in [0.05, 0.1) is 23.6 Å². The zero-order valence-corrected chi connectivity index (χ0v) is 18.9. The molecule has 1 aliphatic carbocycles. The Kier molecular flexibility index (Phi) is 5.18. The lowest BCUT2D eigenvalue weighted by Crippen LogP contribution is -2.16. The Bertz CT molecular complexity index is 1410. The van der Waals surface area contributed by atoms with Crippen LogP contribution in [0.5, 0.6) is 0 Å². The molecule has 0 spiro atoms. The highest BCUT2D eigenvalue weighted by Gasteiger charge is 2.37. The highest BCUT2D eigenvalue weighted by Crippen LogP contribution is 2.41. The average Bonchev–Trinajstić information content (AvgIpc) is 3.47. The molecule has 10 heteroatoms. The first-order valence-electron chi connectivity index (χ1n) is 11.0. The number of amides is 1. The van der Waals surface area contributed by atoms with E-state index in [-0.39, 0.29) is 17.3 Å². The van der Waals surface area contributed by atoms with Crippen LogP contribution in [0.4, 0.5) is 18.9 Å². The van der Waals surface area contributed by atoms with Crippen LogP contribution in [0.3, 0.4) is 0 Å². The van der Waals surface area contributed by atoms with Gasteiger partial charge < -0.3 is 5.32 Å². The van der Waals surface area contributed by atoms with Crippen molar-refractivity contribution in [3.63, 3.8) is 0 Å². The molecule has 7 nitrogen and oxygen atoms in total. The molecule has 0 radical (unpaired) electrons. The number of rotatable bonds is 5. The first kappa shape index (κ1) is 22.1. The van der Waals surface area contributed by atoms with Gasteiger partial charge >= 0.3 is 6.18 Å². The number of fused-ring (bicyclic) bond motifs is 1. The topological polar surface area (TPSA) is 77.1 Å². The van der Waals surface area contributed by atoms with Crippen molar-refractivity contribution in [2.45, 2.75) is 52.3 Å². The zero-order valence-electron chi connectivity index (χ0n) is 18.9. The van der Waals surface area contributed by atoms with E-state index in [1.54, 1.807) is 11.6 Å². The van der Waals surface area contributed by atoms with Crippen LogP contribution in [-0.2, 0) is 12.7 Å². The molecule has 1 saturated carbocycles. The Hall–Kier alpha value is -3.69. The second-order valence-corrected chi connectivity index (χ2v) is 8.78. The maximum absolute atomic E-state index is 13.7. The van der Waals surface area contributed by atoms with Gasteiger partial charge in [0.1, 0.15) is 5.69 Å². The standard InChI is InChI=1S/C24H23F3N6O/c1-13-5-4-6-16(9-13)12-32-15(3)22(14(2)30-32)29-23(34)19-11-21-28-18(17-7-8-17)10-20(24(25,26)27)33(21)31-19/h4-6,9-11,17H,7-8,12H2,1-3H3,(H,29,34). The highest BCUT2D eigenvalue weighted by molar-refractivity contribution is 6.04. The fraction of sp³-hybridized carbons (Fsp3) is 0.333. The van der Waals surface area contributed by atoms with Crippen molar-refractivity contribution >= 4 is 17.2 Å². The summed E-state index contributed by atoms with van der Waals surface area (Å²) in [5, 5.41) is 11.2. The van der Waals surface area contributed by atoms with Gasteiger partial charge in [-0.2, -0.15) is 23.4 Å². The number of hydrogen-bond acceptors (Lipinski definition) is 4. The summed E-state index contributed by atoms with van der Waals surface area (Å²) in [6.07, 6.45) is -2.99. The Morgan fingerprint density at radius 2 is 1.88 bits per heavy atom. The molecule has 1 fully saturated rings. The Balaban J connectivity index is 1.44. The van der Waals surface area contributed by atoms with E-state index in [4.69, 9.17) is 0 Å². The summed E-state index contributed by atoms with van der Waals surface area (Å²) in [6.45, 7) is 6.14. The van der Waals surface area contributed by atoms with Crippen molar-refractivity contribution in [2.75, 3.05) is 5.32 Å². The average molecular weight is 468 g/mol. The molecule has 0 unspecified atom stereocenters. The molecule has 1 aliphatic rings. The fourth-order valence-corrected chi connectivity index (χ4v) is 4.09. The van der Waals surface area contributed by atoms with Gasteiger partial charge in [0.25, 0.3) is 5.91 Å². The molecule has 0 bridgehead atoms. The van der Waals surface area contributed by atoms with Gasteiger partial charge in [0.15, 0.2) is 11.3 Å². The SMILES string of the molecule is Cc1cccc(Cn2nc(C)c(NC(=O)c3cc4nc(C5CC5)cc(C(F)(F)F)n4n3)c2C)c1. The van der Waals surface area contributed by atoms with Gasteiger partial charge in [0, 0.05) is 17.7 Å². The molecular formula is C24H23F3N6O. The maximum Gasteiger partial charge on any atom is 0.433 e. The lowest BCUT2D eigenvalue weighted by molar-refractivity contribution is -0.142. The third kappa shape index (κ3) is 4.15. The molecule has 1 N–H and O–H groups in total. The fourth-order valence-electron chi connectivity index (χ4n) is 4.09. The number of aromatic nitrogens is 5. The van der Waals surface area contributed by atoms with Gasteiger partial charge in [-0.3, -0.25) is 9.48 Å². The summed E-state index contributed by atoms with van der Waals surface area (Å²) in [5.41, 5.74) is 3.37. The third-order valence-electron chi connectivity index (χ3n) is 6.00. The number of anilines is 1. The highest BCUT2D eigenvalue weighted by atomic mass is 19.4. The number of hydrogen-bond donors (Lipinski definition) is 1. The molecule has 4 aromatic rings. The summed E-state index contributed by atoms with van der Waals surface area (Å²) in [5.74, 6) is -0.587. The van der Waals surface area contributed by atoms with Crippen molar-refractivity contribution in [1.82, 2.24) is 24.4 Å². The second-order valence-electron chi connectivity index (χ2n) is 8.78. The van der Waals surface area contributed by atoms with Crippen molar-refractivity contribution < 1.29 is 18.0 Å². The lowest BCUT2D eigenvalue weighted by Gasteiger charge is -2.10. The number of alkyl halides is 3. The van der Waals surface area contributed by atoms with Crippen LogP contribution < -0.4 is 5.32 Å². The molecule has 176 valence electrons. The minimum atomic E-state index is -4.62. The smallest absolute Gasteiger partial charge is 0.317 e. The van der Waals surface area contributed by atoms with Crippen LogP contribution in [0.25, 0.3) is 5.65 Å². The largest absolute Gasteiger partial charge is 0.433 e. The normalized spacial score (nSPS) is 14.1. The van der Waals surface area contributed by atoms with E-state index in [1.807, 2.05) is 32.0 Å². The third-order valence-corrected chi connectivity index (χ3v) is 6.00. The minimum absolute atomic E-state index is 0.00506. The van der Waals surface area contributed by atoms with Gasteiger partial charge in [-0.25, -0.2) is 9.50 Å². The number of carbonyl (C=O) groups excluding carboxylic acids is 1. The number of aryl methyl sites for hydroxylation is 2. The van der Waals surface area contributed by atoms with Gasteiger partial charge in [-0.05, 0) is 45.2 Å². The quantitative estimate of drug-likeness (QED) is 0.445.